The molecule has 16 nitrogen and oxygen atoms in total. The number of unbranched alkanes of at least 4 members (excludes halogenated alkanes) is 1. The van der Waals surface area contributed by atoms with Gasteiger partial charge in [-0.1, -0.05) is 45.0 Å². The van der Waals surface area contributed by atoms with Gasteiger partial charge in [0.25, 0.3) is 0 Å². The number of ketones is 2. The second-order valence-electron chi connectivity index (χ2n) is 16.9. The third-order valence-corrected chi connectivity index (χ3v) is 12.7. The highest BCUT2D eigenvalue weighted by Gasteiger charge is 2.60. The fraction of sp³-hybridized carbons (Fsp3) is 0.714. The number of ether oxygens (including phenoxy) is 5. The molecule has 0 radical (unpaired) electrons. The summed E-state index contributed by atoms with van der Waals surface area (Å²) in [6.07, 6.45) is -1.17. The molecule has 0 spiro atoms. The molecule has 16 heteroatoms. The van der Waals surface area contributed by atoms with E-state index in [0.29, 0.717) is 37.2 Å². The number of rotatable bonds is 11. The van der Waals surface area contributed by atoms with E-state index in [1.54, 1.807) is 57.3 Å². The molecule has 3 aliphatic heterocycles. The van der Waals surface area contributed by atoms with Crippen LogP contribution >= 0.6 is 0 Å². The molecule has 58 heavy (non-hydrogen) atoms. The lowest BCUT2D eigenvalue weighted by atomic mass is 9.73. The fourth-order valence-corrected chi connectivity index (χ4v) is 9.30. The average molecular weight is 813 g/mol. The summed E-state index contributed by atoms with van der Waals surface area (Å²) < 4.78 is 32.8. The summed E-state index contributed by atoms with van der Waals surface area (Å²) >= 11 is 0. The van der Waals surface area contributed by atoms with Crippen LogP contribution in [0.3, 0.4) is 0 Å². The molecule has 1 amide bonds. The maximum Gasteiger partial charge on any atom is 0.410 e. The average Bonchev–Trinajstić information content (AvgIpc) is 3.77. The number of carbonyl (C=O) groups excluding carboxylic acids is 4. The van der Waals surface area contributed by atoms with Crippen molar-refractivity contribution < 1.29 is 48.0 Å². The van der Waals surface area contributed by atoms with Crippen molar-refractivity contribution in [1.29, 1.82) is 0 Å². The van der Waals surface area contributed by atoms with Crippen molar-refractivity contribution in [1.82, 2.24) is 25.2 Å². The van der Waals surface area contributed by atoms with Gasteiger partial charge in [-0.25, -0.2) is 4.79 Å². The highest BCUT2D eigenvalue weighted by molar-refractivity contribution is 6.00. The normalized spacial score (nSPS) is 36.6. The Labute approximate surface area is 341 Å². The van der Waals surface area contributed by atoms with Crippen LogP contribution in [0.15, 0.2) is 30.5 Å². The first-order valence-corrected chi connectivity index (χ1v) is 20.6. The van der Waals surface area contributed by atoms with Crippen LogP contribution < -0.4 is 11.1 Å². The summed E-state index contributed by atoms with van der Waals surface area (Å²) in [7, 11) is 3.23. The first-order chi connectivity index (χ1) is 27.4. The van der Waals surface area contributed by atoms with Gasteiger partial charge >= 0.3 is 12.1 Å². The van der Waals surface area contributed by atoms with Crippen LogP contribution in [-0.2, 0) is 44.6 Å². The van der Waals surface area contributed by atoms with E-state index in [9.17, 15) is 24.3 Å². The molecule has 3 fully saturated rings. The SMILES string of the molecule is CC[C@H]1OC(=O)[C@H](C)C(=O)[C@H](C)[C@@H](O[C@@H]2O[C@H](C)C[C@H](NC)[C@H]2O)[C@@](C)(OC)C[C@@H](C)C(=O)[C@H](C)[C@H]2N(CCCCn3cc(-c4cccc(N)c4)nn3)C(=O)O[C@]12C. The number of aryl methyl sites for hydroxylation is 1. The number of Topliss-reactive ketones (excluding diaryl/α,β-unsaturated/α-hetero) is 2. The number of cyclic esters (lactones) is 1. The quantitative estimate of drug-likeness (QED) is 0.126. The number of nitrogen functional groups attached to an aromatic ring is 1. The second-order valence-corrected chi connectivity index (χ2v) is 16.9. The lowest BCUT2D eigenvalue weighted by molar-refractivity contribution is -0.290. The summed E-state index contributed by atoms with van der Waals surface area (Å²) in [6, 6.07) is 6.26. The van der Waals surface area contributed by atoms with Crippen molar-refractivity contribution in [2.24, 2.45) is 23.7 Å². The Morgan fingerprint density at radius 3 is 2.40 bits per heavy atom. The van der Waals surface area contributed by atoms with E-state index in [1.165, 1.54) is 14.0 Å². The number of esters is 1. The van der Waals surface area contributed by atoms with Crippen LogP contribution in [0.5, 0.6) is 0 Å². The van der Waals surface area contributed by atoms with Crippen molar-refractivity contribution in [2.45, 2.75) is 148 Å². The molecule has 5 rings (SSSR count). The number of nitrogens with two attached hydrogens (primary N) is 1. The lowest BCUT2D eigenvalue weighted by Crippen LogP contribution is -2.60. The third kappa shape index (κ3) is 9.25. The van der Waals surface area contributed by atoms with Gasteiger partial charge in [0.05, 0.1) is 30.0 Å². The van der Waals surface area contributed by atoms with Gasteiger partial charge < -0.3 is 44.7 Å². The molecule has 3 saturated heterocycles. The molecule has 0 aliphatic carbocycles. The molecule has 1 aromatic carbocycles. The van der Waals surface area contributed by atoms with Gasteiger partial charge in [0, 0.05) is 55.2 Å². The van der Waals surface area contributed by atoms with Crippen molar-refractivity contribution >= 4 is 29.3 Å². The van der Waals surface area contributed by atoms with E-state index in [4.69, 9.17) is 29.4 Å². The highest BCUT2D eigenvalue weighted by atomic mass is 16.7. The van der Waals surface area contributed by atoms with E-state index in [0.717, 1.165) is 5.56 Å². The van der Waals surface area contributed by atoms with Crippen LogP contribution in [-0.4, -0.2) is 123 Å². The predicted octanol–water partition coefficient (Wildman–Crippen LogP) is 4.17. The first kappa shape index (κ1) is 45.1. The molecule has 1 aromatic heterocycles. The van der Waals surface area contributed by atoms with E-state index < -0.39 is 83.4 Å². The maximum atomic E-state index is 14.7. The molecule has 4 N–H and O–H groups in total. The second kappa shape index (κ2) is 18.5. The number of nitrogens with zero attached hydrogens (tertiary/aromatic N) is 4. The number of anilines is 1. The zero-order chi connectivity index (χ0) is 42.7. The molecular weight excluding hydrogens is 748 g/mol. The van der Waals surface area contributed by atoms with Gasteiger partial charge in [0.1, 0.15) is 29.6 Å². The fourth-order valence-electron chi connectivity index (χ4n) is 9.30. The van der Waals surface area contributed by atoms with Crippen molar-refractivity contribution in [3.63, 3.8) is 0 Å². The number of aromatic nitrogens is 3. The van der Waals surface area contributed by atoms with Crippen LogP contribution in [0.4, 0.5) is 10.5 Å². The molecule has 4 heterocycles. The van der Waals surface area contributed by atoms with E-state index in [1.807, 2.05) is 38.2 Å². The summed E-state index contributed by atoms with van der Waals surface area (Å²) in [5.41, 5.74) is 5.43. The van der Waals surface area contributed by atoms with E-state index in [2.05, 4.69) is 15.6 Å². The molecule has 0 saturated carbocycles. The number of likely N-dealkylation sites (N-methyl/N-ethyl adjacent to an activating group) is 1. The number of hydrogen-bond acceptors (Lipinski definition) is 14. The minimum atomic E-state index is -1.42. The molecule has 3 aliphatic rings. The van der Waals surface area contributed by atoms with Crippen LogP contribution in [0.2, 0.25) is 0 Å². The summed E-state index contributed by atoms with van der Waals surface area (Å²) in [5.74, 6) is -5.04. The van der Waals surface area contributed by atoms with Crippen LogP contribution in [0.1, 0.15) is 87.5 Å². The topological polar surface area (TPSA) is 207 Å². The third-order valence-electron chi connectivity index (χ3n) is 12.7. The lowest BCUT2D eigenvalue weighted by Gasteiger charge is -2.46. The van der Waals surface area contributed by atoms with Crippen LogP contribution in [0.25, 0.3) is 11.3 Å². The number of aliphatic hydroxyl groups excluding tert-OH is 1. The standard InChI is InChI=1S/C42H64N6O10/c1-11-32-42(8)36(48(40(53)58-42)18-13-12-17-47-22-31(45-46-47)28-15-14-16-29(43)20-28)25(4)33(49)23(2)21-41(7,54-10)37(26(5)34(50)27(6)38(52)56-32)57-39-35(51)30(44-9)19-24(3)55-39/h14-16,20,22-27,30,32,35-37,39,44,51H,11-13,17-19,21,43H2,1-10H3/t23-,24-,25+,26+,27-,30+,32-,35-,36-,37-,39+,41+,42-/m1/s1. The van der Waals surface area contributed by atoms with Gasteiger partial charge in [0.2, 0.25) is 0 Å². The van der Waals surface area contributed by atoms with Gasteiger partial charge in [-0.3, -0.25) is 19.1 Å². The molecule has 2 aromatic rings. The summed E-state index contributed by atoms with van der Waals surface area (Å²) in [5, 5.41) is 22.9. The van der Waals surface area contributed by atoms with Crippen molar-refractivity contribution in [3.05, 3.63) is 30.5 Å². The summed E-state index contributed by atoms with van der Waals surface area (Å²) in [6.45, 7) is 14.7. The minimum Gasteiger partial charge on any atom is -0.458 e. The Morgan fingerprint density at radius 2 is 1.74 bits per heavy atom. The van der Waals surface area contributed by atoms with Crippen molar-refractivity contribution in [3.8, 4) is 11.3 Å². The largest absolute Gasteiger partial charge is 0.458 e. The number of nitrogens with one attached hydrogen (secondary N) is 1. The molecular formula is C42H64N6O10. The van der Waals surface area contributed by atoms with Gasteiger partial charge in [-0.2, -0.15) is 0 Å². The number of methoxy groups -OCH3 is 1. The molecule has 322 valence electrons. The Morgan fingerprint density at radius 1 is 1.03 bits per heavy atom. The van der Waals surface area contributed by atoms with Crippen LogP contribution in [0, 0.1) is 23.7 Å². The van der Waals surface area contributed by atoms with E-state index >= 15 is 0 Å². The smallest absolute Gasteiger partial charge is 0.410 e. The number of fused-ring (bicyclic) bond motifs is 1. The zero-order valence-electron chi connectivity index (χ0n) is 35.7. The van der Waals surface area contributed by atoms with Gasteiger partial charge in [-0.15, -0.1) is 5.10 Å². The summed E-state index contributed by atoms with van der Waals surface area (Å²) in [4.78, 5) is 58.3. The highest BCUT2D eigenvalue weighted by Crippen LogP contribution is 2.43. The van der Waals surface area contributed by atoms with Gasteiger partial charge in [0.15, 0.2) is 17.7 Å². The first-order valence-electron chi connectivity index (χ1n) is 20.6. The monoisotopic (exact) mass is 812 g/mol. The molecule has 0 unspecified atom stereocenters. The number of aliphatic hydroxyl groups is 1. The Bertz CT molecular complexity index is 1770. The van der Waals surface area contributed by atoms with E-state index in [-0.39, 0.29) is 37.3 Å². The Hall–Kier alpha value is -3.96. The molecule has 13 atom stereocenters. The number of hydrogen-bond donors (Lipinski definition) is 3. The van der Waals surface area contributed by atoms with Gasteiger partial charge in [-0.05, 0) is 79.0 Å². The Kier molecular flexibility index (Phi) is 14.4. The Balaban J connectivity index is 1.42. The number of amides is 1. The number of carbonyl (C=O) groups is 4. The molecule has 0 bridgehead atoms. The predicted molar refractivity (Wildman–Crippen MR) is 214 cm³/mol. The maximum absolute atomic E-state index is 14.7. The minimum absolute atomic E-state index is 0.118. The number of benzene rings is 1. The van der Waals surface area contributed by atoms with Crippen molar-refractivity contribution in [2.75, 3.05) is 26.4 Å². The zero-order valence-corrected chi connectivity index (χ0v) is 35.7.